The molecule has 2 N–H and O–H groups in total. The Bertz CT molecular complexity index is 280. The lowest BCUT2D eigenvalue weighted by Crippen LogP contribution is -2.42. The summed E-state index contributed by atoms with van der Waals surface area (Å²) >= 11 is 0. The van der Waals surface area contributed by atoms with Crippen LogP contribution in [-0.2, 0) is 9.59 Å². The molecule has 0 saturated carbocycles. The van der Waals surface area contributed by atoms with E-state index in [1.54, 1.807) is 0 Å². The number of hydrogen-bond donors (Lipinski definition) is 2. The molecule has 2 atom stereocenters. The summed E-state index contributed by atoms with van der Waals surface area (Å²) in [6.45, 7) is 2.38. The molecule has 0 aromatic rings. The van der Waals surface area contributed by atoms with E-state index in [1.165, 1.54) is 4.90 Å². The van der Waals surface area contributed by atoms with Crippen molar-refractivity contribution >= 4 is 11.9 Å². The number of likely N-dealkylation sites (tertiary alicyclic amines) is 1. The SMILES string of the molecule is CCCCC[C@@H](C(=O)O)N1CC(CO)CC1=O. The van der Waals surface area contributed by atoms with Crippen molar-refractivity contribution in [3.63, 3.8) is 0 Å². The lowest BCUT2D eigenvalue weighted by Gasteiger charge is -2.24. The van der Waals surface area contributed by atoms with Gasteiger partial charge in [0, 0.05) is 25.5 Å². The summed E-state index contributed by atoms with van der Waals surface area (Å²) in [4.78, 5) is 24.3. The van der Waals surface area contributed by atoms with Crippen LogP contribution < -0.4 is 0 Å². The van der Waals surface area contributed by atoms with E-state index in [9.17, 15) is 9.59 Å². The van der Waals surface area contributed by atoms with Crippen molar-refractivity contribution in [3.8, 4) is 0 Å². The monoisotopic (exact) mass is 243 g/mol. The summed E-state index contributed by atoms with van der Waals surface area (Å²) in [6, 6.07) is -0.717. The standard InChI is InChI=1S/C12H21NO4/c1-2-3-4-5-10(12(16)17)13-7-9(8-14)6-11(13)15/h9-10,14H,2-8H2,1H3,(H,16,17)/t9?,10-/m0/s1. The zero-order valence-corrected chi connectivity index (χ0v) is 10.3. The van der Waals surface area contributed by atoms with Gasteiger partial charge >= 0.3 is 5.97 Å². The first-order chi connectivity index (χ1) is 8.10. The molecular weight excluding hydrogens is 222 g/mol. The molecule has 5 heteroatoms. The minimum Gasteiger partial charge on any atom is -0.480 e. The number of aliphatic carboxylic acids is 1. The first kappa shape index (κ1) is 14.0. The highest BCUT2D eigenvalue weighted by molar-refractivity contribution is 5.85. The van der Waals surface area contributed by atoms with Crippen molar-refractivity contribution in [3.05, 3.63) is 0 Å². The van der Waals surface area contributed by atoms with Crippen molar-refractivity contribution in [1.82, 2.24) is 4.90 Å². The predicted octanol–water partition coefficient (Wildman–Crippen LogP) is 0.861. The van der Waals surface area contributed by atoms with E-state index in [4.69, 9.17) is 10.2 Å². The highest BCUT2D eigenvalue weighted by atomic mass is 16.4. The third-order valence-corrected chi connectivity index (χ3v) is 3.24. The number of nitrogens with zero attached hydrogens (tertiary/aromatic N) is 1. The first-order valence-corrected chi connectivity index (χ1v) is 6.23. The van der Waals surface area contributed by atoms with Crippen LogP contribution in [0.5, 0.6) is 0 Å². The molecule has 0 aromatic carbocycles. The van der Waals surface area contributed by atoms with Crippen LogP contribution >= 0.6 is 0 Å². The van der Waals surface area contributed by atoms with Crippen LogP contribution in [0.2, 0.25) is 0 Å². The van der Waals surface area contributed by atoms with Gasteiger partial charge in [0.05, 0.1) is 0 Å². The van der Waals surface area contributed by atoms with Gasteiger partial charge in [0.25, 0.3) is 0 Å². The summed E-state index contributed by atoms with van der Waals surface area (Å²) in [5, 5.41) is 18.2. The van der Waals surface area contributed by atoms with E-state index in [2.05, 4.69) is 6.92 Å². The topological polar surface area (TPSA) is 77.8 Å². The molecule has 1 rings (SSSR count). The molecule has 1 unspecified atom stereocenters. The Labute approximate surface area is 101 Å². The number of carboxylic acids is 1. The van der Waals surface area contributed by atoms with Crippen LogP contribution in [0.1, 0.15) is 39.0 Å². The van der Waals surface area contributed by atoms with Crippen LogP contribution in [0, 0.1) is 5.92 Å². The van der Waals surface area contributed by atoms with Crippen LogP contribution in [-0.4, -0.2) is 46.2 Å². The predicted molar refractivity (Wildman–Crippen MR) is 62.5 cm³/mol. The van der Waals surface area contributed by atoms with E-state index in [-0.39, 0.29) is 24.9 Å². The molecule has 1 amide bonds. The zero-order valence-electron chi connectivity index (χ0n) is 10.3. The molecule has 1 saturated heterocycles. The highest BCUT2D eigenvalue weighted by Gasteiger charge is 2.36. The molecule has 0 radical (unpaired) electrons. The third-order valence-electron chi connectivity index (χ3n) is 3.24. The number of aliphatic hydroxyl groups is 1. The van der Waals surface area contributed by atoms with E-state index >= 15 is 0 Å². The van der Waals surface area contributed by atoms with Gasteiger partial charge in [0.2, 0.25) is 5.91 Å². The third kappa shape index (κ3) is 3.70. The smallest absolute Gasteiger partial charge is 0.326 e. The van der Waals surface area contributed by atoms with Gasteiger partial charge in [0.15, 0.2) is 0 Å². The number of aliphatic hydroxyl groups excluding tert-OH is 1. The van der Waals surface area contributed by atoms with Crippen molar-refractivity contribution < 1.29 is 19.8 Å². The maximum atomic E-state index is 11.7. The van der Waals surface area contributed by atoms with E-state index in [1.807, 2.05) is 0 Å². The van der Waals surface area contributed by atoms with Crippen molar-refractivity contribution in [2.24, 2.45) is 5.92 Å². The molecule has 1 aliphatic heterocycles. The van der Waals surface area contributed by atoms with Crippen molar-refractivity contribution in [1.29, 1.82) is 0 Å². The van der Waals surface area contributed by atoms with Gasteiger partial charge in [-0.1, -0.05) is 26.2 Å². The Balaban J connectivity index is 2.58. The van der Waals surface area contributed by atoms with Crippen LogP contribution in [0.15, 0.2) is 0 Å². The fourth-order valence-electron chi connectivity index (χ4n) is 2.23. The van der Waals surface area contributed by atoms with Gasteiger partial charge < -0.3 is 15.1 Å². The Hall–Kier alpha value is -1.10. The number of hydrogen-bond acceptors (Lipinski definition) is 3. The van der Waals surface area contributed by atoms with E-state index in [0.717, 1.165) is 19.3 Å². The zero-order chi connectivity index (χ0) is 12.8. The molecule has 5 nitrogen and oxygen atoms in total. The minimum absolute atomic E-state index is 0.0520. The summed E-state index contributed by atoms with van der Waals surface area (Å²) in [5.41, 5.74) is 0. The largest absolute Gasteiger partial charge is 0.480 e. The van der Waals surface area contributed by atoms with Gasteiger partial charge in [-0.15, -0.1) is 0 Å². The molecule has 1 fully saturated rings. The number of amides is 1. The number of carbonyl (C=O) groups excluding carboxylic acids is 1. The maximum absolute atomic E-state index is 11.7. The van der Waals surface area contributed by atoms with E-state index in [0.29, 0.717) is 13.0 Å². The van der Waals surface area contributed by atoms with Gasteiger partial charge in [-0.25, -0.2) is 4.79 Å². The molecule has 0 bridgehead atoms. The second-order valence-corrected chi connectivity index (χ2v) is 4.65. The summed E-state index contributed by atoms with van der Waals surface area (Å²) in [5.74, 6) is -1.18. The fraction of sp³-hybridized carbons (Fsp3) is 0.833. The van der Waals surface area contributed by atoms with Crippen molar-refractivity contribution in [2.45, 2.75) is 45.1 Å². The summed E-state index contributed by atoms with van der Waals surface area (Å²) in [7, 11) is 0. The normalized spacial score (nSPS) is 21.9. The van der Waals surface area contributed by atoms with Crippen molar-refractivity contribution in [2.75, 3.05) is 13.2 Å². The summed E-state index contributed by atoms with van der Waals surface area (Å²) in [6.07, 6.45) is 3.61. The molecule has 1 aliphatic rings. The number of unbranched alkanes of at least 4 members (excludes halogenated alkanes) is 2. The number of carboxylic acid groups (broad SMARTS) is 1. The Morgan fingerprint density at radius 2 is 2.24 bits per heavy atom. The number of rotatable bonds is 7. The van der Waals surface area contributed by atoms with Gasteiger partial charge in [0.1, 0.15) is 6.04 Å². The first-order valence-electron chi connectivity index (χ1n) is 6.23. The average molecular weight is 243 g/mol. The van der Waals surface area contributed by atoms with Gasteiger partial charge in [-0.05, 0) is 6.42 Å². The lowest BCUT2D eigenvalue weighted by molar-refractivity contribution is -0.148. The Morgan fingerprint density at radius 1 is 1.53 bits per heavy atom. The van der Waals surface area contributed by atoms with Crippen LogP contribution in [0.3, 0.4) is 0 Å². The molecule has 0 aromatic heterocycles. The van der Waals surface area contributed by atoms with Gasteiger partial charge in [-0.2, -0.15) is 0 Å². The average Bonchev–Trinajstić information content (AvgIpc) is 2.65. The van der Waals surface area contributed by atoms with E-state index < -0.39 is 12.0 Å². The second-order valence-electron chi connectivity index (χ2n) is 4.65. The maximum Gasteiger partial charge on any atom is 0.326 e. The molecular formula is C12H21NO4. The van der Waals surface area contributed by atoms with Crippen LogP contribution in [0.25, 0.3) is 0 Å². The quantitative estimate of drug-likeness (QED) is 0.650. The molecule has 1 heterocycles. The summed E-state index contributed by atoms with van der Waals surface area (Å²) < 4.78 is 0. The lowest BCUT2D eigenvalue weighted by atomic mass is 10.1. The second kappa shape index (κ2) is 6.59. The highest BCUT2D eigenvalue weighted by Crippen LogP contribution is 2.22. The molecule has 17 heavy (non-hydrogen) atoms. The Morgan fingerprint density at radius 3 is 2.71 bits per heavy atom. The minimum atomic E-state index is -0.937. The van der Waals surface area contributed by atoms with Crippen LogP contribution in [0.4, 0.5) is 0 Å². The molecule has 0 aliphatic carbocycles. The number of carbonyl (C=O) groups is 2. The Kier molecular flexibility index (Phi) is 5.41. The van der Waals surface area contributed by atoms with Gasteiger partial charge in [-0.3, -0.25) is 4.79 Å². The fourth-order valence-corrected chi connectivity index (χ4v) is 2.23. The molecule has 98 valence electrons. The molecule has 0 spiro atoms.